The molecule has 0 saturated carbocycles. The fourth-order valence-electron chi connectivity index (χ4n) is 3.25. The van der Waals surface area contributed by atoms with E-state index in [9.17, 15) is 9.59 Å². The van der Waals surface area contributed by atoms with Crippen molar-refractivity contribution in [1.82, 2.24) is 9.47 Å². The molecule has 0 saturated heterocycles. The van der Waals surface area contributed by atoms with Crippen molar-refractivity contribution in [1.29, 1.82) is 0 Å². The number of aliphatic imine (C=N–C) groups is 1. The summed E-state index contributed by atoms with van der Waals surface area (Å²) in [5, 5.41) is 2.09. The van der Waals surface area contributed by atoms with Gasteiger partial charge in [-0.3, -0.25) is 9.36 Å². The van der Waals surface area contributed by atoms with E-state index in [2.05, 4.69) is 4.99 Å². The van der Waals surface area contributed by atoms with Crippen molar-refractivity contribution in [3.63, 3.8) is 0 Å². The van der Waals surface area contributed by atoms with Crippen LogP contribution in [0.1, 0.15) is 9.67 Å². The van der Waals surface area contributed by atoms with Crippen LogP contribution in [0.25, 0.3) is 26.7 Å². The number of para-hydroxylation sites is 1. The number of nitrogens with zero attached hydrogens (tertiary/aromatic N) is 3. The highest BCUT2D eigenvalue weighted by Crippen LogP contribution is 2.42. The second-order valence-electron chi connectivity index (χ2n) is 6.68. The van der Waals surface area contributed by atoms with Gasteiger partial charge in [0.15, 0.2) is 0 Å². The molecular formula is C22H20ClN3O3S. The van der Waals surface area contributed by atoms with E-state index in [1.165, 1.54) is 18.4 Å². The Morgan fingerprint density at radius 2 is 1.70 bits per heavy atom. The first-order valence-electron chi connectivity index (χ1n) is 8.97. The molecule has 8 heteroatoms. The molecule has 6 nitrogen and oxygen atoms in total. The Morgan fingerprint density at radius 3 is 2.33 bits per heavy atom. The van der Waals surface area contributed by atoms with Crippen molar-refractivity contribution in [2.45, 2.75) is 0 Å². The van der Waals surface area contributed by atoms with E-state index >= 15 is 0 Å². The molecule has 0 bridgehead atoms. The summed E-state index contributed by atoms with van der Waals surface area (Å²) in [6.07, 6.45) is 1.64. The number of benzene rings is 2. The quantitative estimate of drug-likeness (QED) is 0.263. The first kappa shape index (κ1) is 21.5. The SMILES string of the molecule is COC(=O)c1sc2c(c1N=CN(C)C)c1ccccc1c(=O)n2-c1ccccc1.Cl. The van der Waals surface area contributed by atoms with Crippen molar-refractivity contribution in [3.05, 3.63) is 69.8 Å². The van der Waals surface area contributed by atoms with Crippen LogP contribution in [-0.2, 0) is 4.74 Å². The number of esters is 1. The van der Waals surface area contributed by atoms with Gasteiger partial charge in [0.2, 0.25) is 0 Å². The average molecular weight is 442 g/mol. The summed E-state index contributed by atoms with van der Waals surface area (Å²) in [4.78, 5) is 33.3. The monoisotopic (exact) mass is 441 g/mol. The molecule has 0 radical (unpaired) electrons. The van der Waals surface area contributed by atoms with Gasteiger partial charge < -0.3 is 9.64 Å². The summed E-state index contributed by atoms with van der Waals surface area (Å²) in [5.41, 5.74) is 1.10. The maximum Gasteiger partial charge on any atom is 0.350 e. The average Bonchev–Trinajstić information content (AvgIpc) is 3.12. The summed E-state index contributed by atoms with van der Waals surface area (Å²) >= 11 is 1.21. The van der Waals surface area contributed by atoms with Gasteiger partial charge in [0, 0.05) is 24.9 Å². The summed E-state index contributed by atoms with van der Waals surface area (Å²) < 4.78 is 6.64. The summed E-state index contributed by atoms with van der Waals surface area (Å²) in [7, 11) is 5.05. The summed E-state index contributed by atoms with van der Waals surface area (Å²) in [5.74, 6) is -0.478. The molecule has 0 aliphatic carbocycles. The lowest BCUT2D eigenvalue weighted by atomic mass is 10.1. The number of carbonyl (C=O) groups is 1. The van der Waals surface area contributed by atoms with Gasteiger partial charge in [-0.2, -0.15) is 0 Å². The highest BCUT2D eigenvalue weighted by Gasteiger charge is 2.24. The van der Waals surface area contributed by atoms with Gasteiger partial charge in [-0.1, -0.05) is 36.4 Å². The number of pyridine rings is 1. The number of hydrogen-bond donors (Lipinski definition) is 0. The standard InChI is InChI=1S/C22H19N3O3S.ClH/c1-24(2)13-23-18-17-15-11-7-8-12-16(15)20(26)25(14-9-5-4-6-10-14)21(17)29-19(18)22(27)28-3;/h4-13H,1-3H3;1H. The van der Waals surface area contributed by atoms with Crippen LogP contribution in [0.2, 0.25) is 0 Å². The molecular weight excluding hydrogens is 422 g/mol. The van der Waals surface area contributed by atoms with Crippen molar-refractivity contribution < 1.29 is 9.53 Å². The molecule has 2 heterocycles. The lowest BCUT2D eigenvalue weighted by Gasteiger charge is -2.10. The van der Waals surface area contributed by atoms with Crippen LogP contribution >= 0.6 is 23.7 Å². The summed E-state index contributed by atoms with van der Waals surface area (Å²) in [6.45, 7) is 0. The molecule has 0 atom stereocenters. The topological polar surface area (TPSA) is 63.9 Å². The Morgan fingerprint density at radius 1 is 1.07 bits per heavy atom. The Hall–Kier alpha value is -3.16. The fourth-order valence-corrected chi connectivity index (χ4v) is 4.45. The minimum Gasteiger partial charge on any atom is -0.465 e. The third kappa shape index (κ3) is 3.58. The molecule has 2 aromatic heterocycles. The van der Waals surface area contributed by atoms with Gasteiger partial charge >= 0.3 is 5.97 Å². The molecule has 0 unspecified atom stereocenters. The minimum atomic E-state index is -0.478. The number of aromatic nitrogens is 1. The third-order valence-corrected chi connectivity index (χ3v) is 5.64. The lowest BCUT2D eigenvalue weighted by Crippen LogP contribution is -2.18. The number of ether oxygens (including phenoxy) is 1. The van der Waals surface area contributed by atoms with Crippen LogP contribution in [0.15, 0.2) is 64.4 Å². The van der Waals surface area contributed by atoms with E-state index in [1.807, 2.05) is 62.6 Å². The lowest BCUT2D eigenvalue weighted by molar-refractivity contribution is 0.0607. The van der Waals surface area contributed by atoms with Crippen LogP contribution in [0.3, 0.4) is 0 Å². The van der Waals surface area contributed by atoms with Crippen LogP contribution in [0.5, 0.6) is 0 Å². The van der Waals surface area contributed by atoms with Gasteiger partial charge in [0.25, 0.3) is 5.56 Å². The van der Waals surface area contributed by atoms with Crippen LogP contribution in [-0.4, -0.2) is 43.0 Å². The smallest absolute Gasteiger partial charge is 0.350 e. The zero-order chi connectivity index (χ0) is 20.5. The zero-order valence-corrected chi connectivity index (χ0v) is 18.3. The number of rotatable bonds is 4. The van der Waals surface area contributed by atoms with E-state index in [0.717, 1.165) is 16.5 Å². The van der Waals surface area contributed by atoms with E-state index < -0.39 is 5.97 Å². The van der Waals surface area contributed by atoms with Crippen LogP contribution in [0, 0.1) is 0 Å². The molecule has 0 amide bonds. The van der Waals surface area contributed by atoms with Gasteiger partial charge in [-0.25, -0.2) is 9.79 Å². The molecule has 4 aromatic rings. The number of hydrogen-bond acceptors (Lipinski definition) is 5. The molecule has 30 heavy (non-hydrogen) atoms. The fraction of sp³-hybridized carbons (Fsp3) is 0.136. The first-order chi connectivity index (χ1) is 14.0. The van der Waals surface area contributed by atoms with Crippen LogP contribution < -0.4 is 5.56 Å². The second-order valence-corrected chi connectivity index (χ2v) is 7.68. The molecule has 2 aromatic carbocycles. The number of methoxy groups -OCH3 is 1. The Balaban J connectivity index is 0.00000256. The van der Waals surface area contributed by atoms with Gasteiger partial charge in [-0.15, -0.1) is 23.7 Å². The Labute approximate surface area is 183 Å². The molecule has 0 N–H and O–H groups in total. The van der Waals surface area contributed by atoms with Crippen molar-refractivity contribution in [2.24, 2.45) is 4.99 Å². The van der Waals surface area contributed by atoms with Crippen molar-refractivity contribution in [3.8, 4) is 5.69 Å². The molecule has 4 rings (SSSR count). The highest BCUT2D eigenvalue weighted by atomic mass is 35.5. The molecule has 0 aliphatic rings. The maximum atomic E-state index is 13.4. The predicted molar refractivity (Wildman–Crippen MR) is 125 cm³/mol. The molecule has 154 valence electrons. The van der Waals surface area contributed by atoms with Gasteiger partial charge in [-0.05, 0) is 23.6 Å². The van der Waals surface area contributed by atoms with Gasteiger partial charge in [0.1, 0.15) is 15.4 Å². The van der Waals surface area contributed by atoms with E-state index in [-0.39, 0.29) is 18.0 Å². The highest BCUT2D eigenvalue weighted by molar-refractivity contribution is 7.21. The Bertz CT molecular complexity index is 1310. The van der Waals surface area contributed by atoms with Gasteiger partial charge in [0.05, 0.1) is 19.1 Å². The first-order valence-corrected chi connectivity index (χ1v) is 9.79. The third-order valence-electron chi connectivity index (χ3n) is 4.50. The van der Waals surface area contributed by atoms with E-state index in [0.29, 0.717) is 20.8 Å². The summed E-state index contributed by atoms with van der Waals surface area (Å²) in [6, 6.07) is 16.8. The predicted octanol–water partition coefficient (Wildman–Crippen LogP) is 4.64. The largest absolute Gasteiger partial charge is 0.465 e. The normalized spacial score (nSPS) is 11.0. The van der Waals surface area contributed by atoms with E-state index in [4.69, 9.17) is 4.74 Å². The van der Waals surface area contributed by atoms with Crippen molar-refractivity contribution >= 4 is 62.7 Å². The molecule has 0 spiro atoms. The van der Waals surface area contributed by atoms with E-state index in [1.54, 1.807) is 21.9 Å². The Kier molecular flexibility index (Phi) is 6.24. The zero-order valence-electron chi connectivity index (χ0n) is 16.7. The number of fused-ring (bicyclic) bond motifs is 3. The number of thiophene rings is 1. The van der Waals surface area contributed by atoms with Crippen molar-refractivity contribution in [2.75, 3.05) is 21.2 Å². The number of halogens is 1. The maximum absolute atomic E-state index is 13.4. The number of carbonyl (C=O) groups excluding carboxylic acids is 1. The second kappa shape index (κ2) is 8.69. The minimum absolute atomic E-state index is 0. The van der Waals surface area contributed by atoms with Crippen LogP contribution in [0.4, 0.5) is 5.69 Å². The molecule has 0 aliphatic heterocycles. The molecule has 0 fully saturated rings.